The van der Waals surface area contributed by atoms with Crippen LogP contribution in [0.5, 0.6) is 5.75 Å². The number of carbonyl (C=O) groups is 1. The molecule has 0 saturated heterocycles. The molecule has 1 aliphatic heterocycles. The third kappa shape index (κ3) is 2.54. The van der Waals surface area contributed by atoms with Crippen molar-refractivity contribution in [3.8, 4) is 11.4 Å². The number of nitrogens with one attached hydrogen (secondary N) is 1. The molecule has 24 heavy (non-hydrogen) atoms. The number of nitrogens with zero attached hydrogens (tertiary/aromatic N) is 2. The predicted octanol–water partition coefficient (Wildman–Crippen LogP) is 3.38. The van der Waals surface area contributed by atoms with Crippen LogP contribution in [-0.4, -0.2) is 21.8 Å². The molecule has 5 nitrogen and oxygen atoms in total. The van der Waals surface area contributed by atoms with Gasteiger partial charge in [-0.25, -0.2) is 4.68 Å². The Hall–Kier alpha value is -3.08. The van der Waals surface area contributed by atoms with Crippen LogP contribution in [0.3, 0.4) is 0 Å². The summed E-state index contributed by atoms with van der Waals surface area (Å²) >= 11 is 0. The van der Waals surface area contributed by atoms with Crippen LogP contribution in [0.2, 0.25) is 0 Å². The molecular formula is C19H17N3O2. The van der Waals surface area contributed by atoms with Crippen molar-refractivity contribution in [2.75, 3.05) is 5.32 Å². The van der Waals surface area contributed by atoms with Crippen molar-refractivity contribution < 1.29 is 9.53 Å². The van der Waals surface area contributed by atoms with Gasteiger partial charge in [-0.15, -0.1) is 0 Å². The van der Waals surface area contributed by atoms with Gasteiger partial charge < -0.3 is 10.1 Å². The summed E-state index contributed by atoms with van der Waals surface area (Å²) in [6.45, 7) is 2.01. The van der Waals surface area contributed by atoms with Gasteiger partial charge in [0.2, 0.25) is 0 Å². The average molecular weight is 319 g/mol. The summed E-state index contributed by atoms with van der Waals surface area (Å²) in [4.78, 5) is 12.6. The van der Waals surface area contributed by atoms with Gasteiger partial charge in [-0.1, -0.05) is 31.2 Å². The molecule has 2 aromatic carbocycles. The molecule has 2 atom stereocenters. The fraction of sp³-hybridized carbons (Fsp3) is 0.158. The number of hydrogen-bond donors (Lipinski definition) is 1. The topological polar surface area (TPSA) is 56.1 Å². The largest absolute Gasteiger partial charge is 0.480 e. The van der Waals surface area contributed by atoms with Crippen LogP contribution in [0, 0.1) is 0 Å². The van der Waals surface area contributed by atoms with Crippen molar-refractivity contribution in [1.29, 1.82) is 0 Å². The molecule has 0 fully saturated rings. The zero-order chi connectivity index (χ0) is 16.5. The molecule has 4 rings (SSSR count). The molecular weight excluding hydrogens is 302 g/mol. The fourth-order valence-electron chi connectivity index (χ4n) is 3.01. The molecule has 5 heteroatoms. The van der Waals surface area contributed by atoms with E-state index < -0.39 is 6.10 Å². The number of aromatic nitrogens is 2. The fourth-order valence-corrected chi connectivity index (χ4v) is 3.01. The van der Waals surface area contributed by atoms with Crippen molar-refractivity contribution in [1.82, 2.24) is 9.78 Å². The van der Waals surface area contributed by atoms with Crippen LogP contribution >= 0.6 is 0 Å². The van der Waals surface area contributed by atoms with Crippen LogP contribution in [0.25, 0.3) is 5.69 Å². The number of hydrogen-bond acceptors (Lipinski definition) is 3. The van der Waals surface area contributed by atoms with Gasteiger partial charge >= 0.3 is 0 Å². The molecule has 0 radical (unpaired) electrons. The Kier molecular flexibility index (Phi) is 3.54. The number of amides is 1. The predicted molar refractivity (Wildman–Crippen MR) is 91.5 cm³/mol. The minimum atomic E-state index is -0.518. The molecule has 0 saturated carbocycles. The molecule has 120 valence electrons. The van der Waals surface area contributed by atoms with E-state index in [1.807, 2.05) is 67.7 Å². The van der Waals surface area contributed by atoms with Crippen LogP contribution in [0.1, 0.15) is 18.4 Å². The van der Waals surface area contributed by atoms with Crippen molar-refractivity contribution in [2.24, 2.45) is 0 Å². The van der Waals surface area contributed by atoms with E-state index in [1.165, 1.54) is 0 Å². The molecule has 0 aliphatic carbocycles. The van der Waals surface area contributed by atoms with Crippen molar-refractivity contribution >= 4 is 11.6 Å². The van der Waals surface area contributed by atoms with E-state index in [9.17, 15) is 4.79 Å². The van der Waals surface area contributed by atoms with E-state index in [-0.39, 0.29) is 11.8 Å². The standard InChI is InChI=1S/C19H17N3O2/c1-13-16-8-2-3-9-17(16)24-18(13)19(23)21-14-6-4-7-15(12-14)22-11-5-10-20-22/h2-13,18H,1H3,(H,21,23)/t13-,18-/m1/s1. The molecule has 0 unspecified atom stereocenters. The van der Waals surface area contributed by atoms with E-state index in [2.05, 4.69) is 10.4 Å². The summed E-state index contributed by atoms with van der Waals surface area (Å²) in [5.41, 5.74) is 2.68. The van der Waals surface area contributed by atoms with E-state index in [1.54, 1.807) is 10.9 Å². The summed E-state index contributed by atoms with van der Waals surface area (Å²) in [7, 11) is 0. The molecule has 0 spiro atoms. The minimum absolute atomic E-state index is 0.0236. The summed E-state index contributed by atoms with van der Waals surface area (Å²) in [5, 5.41) is 7.15. The van der Waals surface area contributed by atoms with Gasteiger partial charge in [0.25, 0.3) is 5.91 Å². The van der Waals surface area contributed by atoms with Crippen molar-refractivity contribution in [2.45, 2.75) is 18.9 Å². The maximum Gasteiger partial charge on any atom is 0.266 e. The Labute approximate surface area is 139 Å². The smallest absolute Gasteiger partial charge is 0.266 e. The second-order valence-corrected chi connectivity index (χ2v) is 5.86. The summed E-state index contributed by atoms with van der Waals surface area (Å²) in [6.07, 6.45) is 3.06. The van der Waals surface area contributed by atoms with Gasteiger partial charge in [0.15, 0.2) is 6.10 Å². The lowest BCUT2D eigenvalue weighted by atomic mass is 9.97. The highest BCUT2D eigenvalue weighted by molar-refractivity contribution is 5.95. The van der Waals surface area contributed by atoms with Crippen LogP contribution in [0.4, 0.5) is 5.69 Å². The summed E-state index contributed by atoms with van der Waals surface area (Å²) in [6, 6.07) is 17.2. The highest BCUT2D eigenvalue weighted by atomic mass is 16.5. The van der Waals surface area contributed by atoms with E-state index in [0.717, 1.165) is 22.7 Å². The first-order chi connectivity index (χ1) is 11.7. The van der Waals surface area contributed by atoms with Gasteiger partial charge in [-0.3, -0.25) is 4.79 Å². The van der Waals surface area contributed by atoms with Gasteiger partial charge in [0.05, 0.1) is 5.69 Å². The van der Waals surface area contributed by atoms with Crippen LogP contribution in [0.15, 0.2) is 67.0 Å². The quantitative estimate of drug-likeness (QED) is 0.805. The number of rotatable bonds is 3. The van der Waals surface area contributed by atoms with E-state index >= 15 is 0 Å². The molecule has 2 heterocycles. The third-order valence-electron chi connectivity index (χ3n) is 4.26. The lowest BCUT2D eigenvalue weighted by Gasteiger charge is -2.15. The first-order valence-electron chi connectivity index (χ1n) is 7.89. The number of benzene rings is 2. The SMILES string of the molecule is C[C@@H]1c2ccccc2O[C@H]1C(=O)Nc1cccc(-n2cccn2)c1. The molecule has 0 bridgehead atoms. The Balaban J connectivity index is 1.52. The average Bonchev–Trinajstić information content (AvgIpc) is 3.24. The molecule has 1 amide bonds. The van der Waals surface area contributed by atoms with Gasteiger partial charge in [-0.2, -0.15) is 5.10 Å². The van der Waals surface area contributed by atoms with Crippen molar-refractivity contribution in [3.05, 3.63) is 72.6 Å². The number of carbonyl (C=O) groups excluding carboxylic acids is 1. The maximum atomic E-state index is 12.6. The second-order valence-electron chi connectivity index (χ2n) is 5.86. The number of fused-ring (bicyclic) bond motifs is 1. The molecule has 1 N–H and O–H groups in total. The summed E-state index contributed by atoms with van der Waals surface area (Å²) < 4.78 is 7.58. The van der Waals surface area contributed by atoms with E-state index in [4.69, 9.17) is 4.74 Å². The Bertz CT molecular complexity index is 874. The molecule has 1 aromatic heterocycles. The van der Waals surface area contributed by atoms with E-state index in [0.29, 0.717) is 0 Å². The first kappa shape index (κ1) is 14.5. The lowest BCUT2D eigenvalue weighted by molar-refractivity contribution is -0.122. The normalized spacial score (nSPS) is 18.7. The Morgan fingerprint density at radius 3 is 2.83 bits per heavy atom. The van der Waals surface area contributed by atoms with Gasteiger partial charge in [0.1, 0.15) is 5.75 Å². The number of para-hydroxylation sites is 1. The minimum Gasteiger partial charge on any atom is -0.480 e. The highest BCUT2D eigenvalue weighted by Gasteiger charge is 2.36. The number of anilines is 1. The number of ether oxygens (including phenoxy) is 1. The van der Waals surface area contributed by atoms with Crippen molar-refractivity contribution in [3.63, 3.8) is 0 Å². The third-order valence-corrected chi connectivity index (χ3v) is 4.26. The molecule has 3 aromatic rings. The molecule has 1 aliphatic rings. The Morgan fingerprint density at radius 2 is 2.04 bits per heavy atom. The monoisotopic (exact) mass is 319 g/mol. The highest BCUT2D eigenvalue weighted by Crippen LogP contribution is 2.38. The van der Waals surface area contributed by atoms with Crippen LogP contribution in [-0.2, 0) is 4.79 Å². The zero-order valence-electron chi connectivity index (χ0n) is 13.2. The maximum absolute atomic E-state index is 12.6. The lowest BCUT2D eigenvalue weighted by Crippen LogP contribution is -2.33. The summed E-state index contributed by atoms with van der Waals surface area (Å²) in [5.74, 6) is 0.669. The first-order valence-corrected chi connectivity index (χ1v) is 7.89. The van der Waals surface area contributed by atoms with Gasteiger partial charge in [-0.05, 0) is 30.3 Å². The Morgan fingerprint density at radius 1 is 1.17 bits per heavy atom. The van der Waals surface area contributed by atoms with Gasteiger partial charge in [0, 0.05) is 29.6 Å². The van der Waals surface area contributed by atoms with Crippen LogP contribution < -0.4 is 10.1 Å². The second kappa shape index (κ2) is 5.85. The zero-order valence-corrected chi connectivity index (χ0v) is 13.2.